The molecule has 4 aromatic rings. The van der Waals surface area contributed by atoms with E-state index in [0.717, 1.165) is 11.0 Å². The number of rotatable bonds is 4. The summed E-state index contributed by atoms with van der Waals surface area (Å²) in [5.74, 6) is -0.263. The van der Waals surface area contributed by atoms with Crippen molar-refractivity contribution in [1.29, 1.82) is 5.26 Å². The molecule has 1 aromatic carbocycles. The number of hydrogen-bond acceptors (Lipinski definition) is 6. The average Bonchev–Trinajstić information content (AvgIpc) is 3.36. The first kappa shape index (κ1) is 15.3. The largest absolute Gasteiger partial charge is 0.462 e. The van der Waals surface area contributed by atoms with Crippen LogP contribution in [-0.2, 0) is 7.05 Å². The van der Waals surface area contributed by atoms with E-state index < -0.39 is 5.92 Å². The van der Waals surface area contributed by atoms with Gasteiger partial charge in [-0.25, -0.2) is 9.97 Å². The van der Waals surface area contributed by atoms with Gasteiger partial charge in [0.25, 0.3) is 0 Å². The highest BCUT2D eigenvalue weighted by molar-refractivity contribution is 7.16. The number of benzene rings is 1. The Labute approximate surface area is 147 Å². The Morgan fingerprint density at radius 3 is 2.88 bits per heavy atom. The molecule has 0 spiro atoms. The standard InChI is InChI=1S/C18H12N4O2S/c1-22-13-6-3-2-5-12(13)21-17(22)11(9-19)16(23)15-10-20-18(25-15)14-7-4-8-24-14/h2-8,10-11H,1H3/t11-/m1/s1. The van der Waals surface area contributed by atoms with Crippen LogP contribution >= 0.6 is 11.3 Å². The third-order valence-corrected chi connectivity index (χ3v) is 4.98. The first-order chi connectivity index (χ1) is 12.2. The number of hydrogen-bond donors (Lipinski definition) is 0. The summed E-state index contributed by atoms with van der Waals surface area (Å²) >= 11 is 1.21. The van der Waals surface area contributed by atoms with Crippen LogP contribution in [0.1, 0.15) is 21.4 Å². The molecule has 3 aromatic heterocycles. The molecule has 0 N–H and O–H groups in total. The van der Waals surface area contributed by atoms with Gasteiger partial charge in [-0.15, -0.1) is 11.3 Å². The smallest absolute Gasteiger partial charge is 0.199 e. The van der Waals surface area contributed by atoms with Crippen molar-refractivity contribution in [3.05, 3.63) is 59.6 Å². The predicted octanol–water partition coefficient (Wildman–Crippen LogP) is 3.78. The van der Waals surface area contributed by atoms with Crippen LogP contribution in [0.3, 0.4) is 0 Å². The van der Waals surface area contributed by atoms with Crippen molar-refractivity contribution >= 4 is 28.2 Å². The summed E-state index contributed by atoms with van der Waals surface area (Å²) in [7, 11) is 1.81. The molecule has 4 rings (SSSR count). The monoisotopic (exact) mass is 348 g/mol. The number of aryl methyl sites for hydroxylation is 1. The Kier molecular flexibility index (Phi) is 3.67. The maximum absolute atomic E-state index is 12.9. The van der Waals surface area contributed by atoms with E-state index in [1.807, 2.05) is 31.3 Å². The number of ketones is 1. The van der Waals surface area contributed by atoms with Crippen molar-refractivity contribution in [2.75, 3.05) is 0 Å². The van der Waals surface area contributed by atoms with E-state index in [9.17, 15) is 10.1 Å². The van der Waals surface area contributed by atoms with Crippen LogP contribution in [0.5, 0.6) is 0 Å². The molecule has 0 radical (unpaired) electrons. The van der Waals surface area contributed by atoms with E-state index in [-0.39, 0.29) is 5.78 Å². The molecular weight excluding hydrogens is 336 g/mol. The van der Waals surface area contributed by atoms with Crippen molar-refractivity contribution in [3.8, 4) is 16.8 Å². The zero-order valence-corrected chi connectivity index (χ0v) is 14.0. The van der Waals surface area contributed by atoms with Gasteiger partial charge < -0.3 is 8.98 Å². The Hall–Kier alpha value is -3.24. The number of nitriles is 1. The van der Waals surface area contributed by atoms with Gasteiger partial charge in [-0.3, -0.25) is 4.79 Å². The number of aromatic nitrogens is 3. The van der Waals surface area contributed by atoms with Crippen molar-refractivity contribution in [2.45, 2.75) is 5.92 Å². The van der Waals surface area contributed by atoms with Crippen molar-refractivity contribution < 1.29 is 9.21 Å². The molecule has 122 valence electrons. The minimum absolute atomic E-state index is 0.309. The SMILES string of the molecule is Cn1c([C@H](C#N)C(=O)c2cnc(-c3ccco3)s2)nc2ccccc21. The molecule has 0 bridgehead atoms. The van der Waals surface area contributed by atoms with E-state index >= 15 is 0 Å². The lowest BCUT2D eigenvalue weighted by molar-refractivity contribution is 0.0979. The van der Waals surface area contributed by atoms with Gasteiger partial charge in [-0.1, -0.05) is 12.1 Å². The van der Waals surface area contributed by atoms with Gasteiger partial charge >= 0.3 is 0 Å². The van der Waals surface area contributed by atoms with E-state index in [2.05, 4.69) is 16.0 Å². The molecule has 0 saturated carbocycles. The number of Topliss-reactive ketones (excluding diaryl/α,β-unsaturated/α-hetero) is 1. The summed E-state index contributed by atoms with van der Waals surface area (Å²) in [6.07, 6.45) is 3.04. The highest BCUT2D eigenvalue weighted by atomic mass is 32.1. The molecule has 0 saturated heterocycles. The van der Waals surface area contributed by atoms with Gasteiger partial charge in [0.1, 0.15) is 5.82 Å². The summed E-state index contributed by atoms with van der Waals surface area (Å²) in [4.78, 5) is 22.0. The average molecular weight is 348 g/mol. The number of carbonyl (C=O) groups excluding carboxylic acids is 1. The third kappa shape index (κ3) is 2.53. The first-order valence-electron chi connectivity index (χ1n) is 7.54. The molecule has 6 nitrogen and oxygen atoms in total. The highest BCUT2D eigenvalue weighted by Gasteiger charge is 2.28. The number of para-hydroxylation sites is 2. The van der Waals surface area contributed by atoms with E-state index in [1.54, 1.807) is 23.0 Å². The fourth-order valence-corrected chi connectivity index (χ4v) is 3.55. The highest BCUT2D eigenvalue weighted by Crippen LogP contribution is 2.30. The van der Waals surface area contributed by atoms with Gasteiger partial charge in [0.2, 0.25) is 0 Å². The summed E-state index contributed by atoms with van der Waals surface area (Å²) in [6.45, 7) is 0. The lowest BCUT2D eigenvalue weighted by atomic mass is 10.0. The van der Waals surface area contributed by atoms with Gasteiger partial charge in [-0.05, 0) is 24.3 Å². The molecule has 0 fully saturated rings. The number of furan rings is 1. The molecule has 7 heteroatoms. The van der Waals surface area contributed by atoms with Gasteiger partial charge in [-0.2, -0.15) is 5.26 Å². The number of carbonyl (C=O) groups is 1. The summed E-state index contributed by atoms with van der Waals surface area (Å²) in [6, 6.07) is 13.2. The zero-order valence-electron chi connectivity index (χ0n) is 13.2. The van der Waals surface area contributed by atoms with Crippen LogP contribution in [0.2, 0.25) is 0 Å². The molecule has 25 heavy (non-hydrogen) atoms. The third-order valence-electron chi connectivity index (χ3n) is 3.95. The Bertz CT molecular complexity index is 1100. The van der Waals surface area contributed by atoms with Gasteiger partial charge in [0.15, 0.2) is 22.5 Å². The summed E-state index contributed by atoms with van der Waals surface area (Å²) in [5.41, 5.74) is 1.64. The molecule has 0 amide bonds. The van der Waals surface area contributed by atoms with E-state index in [0.29, 0.717) is 21.5 Å². The lowest BCUT2D eigenvalue weighted by Gasteiger charge is -2.06. The second-order valence-electron chi connectivity index (χ2n) is 5.45. The normalized spacial score (nSPS) is 12.2. The maximum Gasteiger partial charge on any atom is 0.199 e. The second kappa shape index (κ2) is 6.00. The summed E-state index contributed by atoms with van der Waals surface area (Å²) in [5, 5.41) is 10.2. The van der Waals surface area contributed by atoms with E-state index in [1.165, 1.54) is 17.5 Å². The van der Waals surface area contributed by atoms with Crippen molar-refractivity contribution in [1.82, 2.24) is 14.5 Å². The van der Waals surface area contributed by atoms with Crippen molar-refractivity contribution in [3.63, 3.8) is 0 Å². The van der Waals surface area contributed by atoms with Crippen LogP contribution < -0.4 is 0 Å². The molecule has 0 aliphatic rings. The molecular formula is C18H12N4O2S. The zero-order chi connectivity index (χ0) is 17.4. The fourth-order valence-electron chi connectivity index (χ4n) is 2.70. The topological polar surface area (TPSA) is 84.7 Å². The molecule has 0 unspecified atom stereocenters. The van der Waals surface area contributed by atoms with Crippen LogP contribution in [0.15, 0.2) is 53.3 Å². The number of fused-ring (bicyclic) bond motifs is 1. The molecule has 1 atom stereocenters. The molecule has 0 aliphatic heterocycles. The fraction of sp³-hybridized carbons (Fsp3) is 0.111. The van der Waals surface area contributed by atoms with Gasteiger partial charge in [0, 0.05) is 13.2 Å². The number of thiazole rings is 1. The van der Waals surface area contributed by atoms with Crippen LogP contribution in [0, 0.1) is 11.3 Å². The minimum Gasteiger partial charge on any atom is -0.462 e. The quantitative estimate of drug-likeness (QED) is 0.524. The van der Waals surface area contributed by atoms with Crippen LogP contribution in [0.4, 0.5) is 0 Å². The molecule has 3 heterocycles. The first-order valence-corrected chi connectivity index (χ1v) is 8.35. The lowest BCUT2D eigenvalue weighted by Crippen LogP contribution is -2.14. The minimum atomic E-state index is -0.984. The predicted molar refractivity (Wildman–Crippen MR) is 93.2 cm³/mol. The Balaban J connectivity index is 1.72. The summed E-state index contributed by atoms with van der Waals surface area (Å²) < 4.78 is 7.09. The number of nitrogens with zero attached hydrogens (tertiary/aromatic N) is 4. The van der Waals surface area contributed by atoms with Gasteiger partial charge in [0.05, 0.1) is 28.2 Å². The molecule has 0 aliphatic carbocycles. The Morgan fingerprint density at radius 2 is 2.16 bits per heavy atom. The Morgan fingerprint density at radius 1 is 1.32 bits per heavy atom. The maximum atomic E-state index is 12.9. The van der Waals surface area contributed by atoms with Crippen molar-refractivity contribution in [2.24, 2.45) is 7.05 Å². The van der Waals surface area contributed by atoms with E-state index in [4.69, 9.17) is 4.42 Å². The van der Waals surface area contributed by atoms with Crippen LogP contribution in [0.25, 0.3) is 21.8 Å². The number of imidazole rings is 1. The second-order valence-corrected chi connectivity index (χ2v) is 6.48. The van der Waals surface area contributed by atoms with Crippen LogP contribution in [-0.4, -0.2) is 20.3 Å².